The Morgan fingerprint density at radius 2 is 1.61 bits per heavy atom. The lowest BCUT2D eigenvalue weighted by atomic mass is 10.1. The second kappa shape index (κ2) is 5.56. The number of phenolic OH excluding ortho intramolecular Hbond substituents is 1. The largest absolute Gasteiger partial charge is 0.508 e. The zero-order chi connectivity index (χ0) is 13.0. The van der Waals surface area contributed by atoms with Gasteiger partial charge in [-0.1, -0.05) is 29.8 Å². The summed E-state index contributed by atoms with van der Waals surface area (Å²) in [6.45, 7) is 2.48. The van der Waals surface area contributed by atoms with Crippen molar-refractivity contribution in [2.45, 2.75) is 13.0 Å². The van der Waals surface area contributed by atoms with E-state index in [4.69, 9.17) is 0 Å². The third kappa shape index (κ3) is 3.25. The van der Waals surface area contributed by atoms with Gasteiger partial charge in [0.2, 0.25) is 0 Å². The molecule has 0 saturated heterocycles. The SMILES string of the molecule is Cc1ccc(NCC(O)c2ccc(O)cc2)cc1. The average molecular weight is 243 g/mol. The van der Waals surface area contributed by atoms with Gasteiger partial charge in [-0.2, -0.15) is 0 Å². The van der Waals surface area contributed by atoms with Gasteiger partial charge in [0, 0.05) is 12.2 Å². The normalized spacial score (nSPS) is 12.1. The molecule has 3 heteroatoms. The fourth-order valence-electron chi connectivity index (χ4n) is 1.70. The highest BCUT2D eigenvalue weighted by atomic mass is 16.3. The van der Waals surface area contributed by atoms with Crippen molar-refractivity contribution in [3.63, 3.8) is 0 Å². The number of aryl methyl sites for hydroxylation is 1. The zero-order valence-electron chi connectivity index (χ0n) is 10.3. The summed E-state index contributed by atoms with van der Waals surface area (Å²) in [6.07, 6.45) is -0.591. The van der Waals surface area contributed by atoms with E-state index in [9.17, 15) is 10.2 Å². The Morgan fingerprint density at radius 3 is 2.22 bits per heavy atom. The fourth-order valence-corrected chi connectivity index (χ4v) is 1.70. The van der Waals surface area contributed by atoms with E-state index in [0.717, 1.165) is 11.3 Å². The second-order valence-electron chi connectivity index (χ2n) is 4.35. The highest BCUT2D eigenvalue weighted by Crippen LogP contribution is 2.17. The van der Waals surface area contributed by atoms with Crippen molar-refractivity contribution in [3.05, 3.63) is 59.7 Å². The van der Waals surface area contributed by atoms with Gasteiger partial charge in [0.1, 0.15) is 5.75 Å². The summed E-state index contributed by atoms with van der Waals surface area (Å²) < 4.78 is 0. The maximum absolute atomic E-state index is 9.98. The summed E-state index contributed by atoms with van der Waals surface area (Å²) >= 11 is 0. The standard InChI is InChI=1S/C15H17NO2/c1-11-2-6-13(7-3-11)16-10-15(18)12-4-8-14(17)9-5-12/h2-9,15-18H,10H2,1H3. The van der Waals surface area contributed by atoms with Crippen LogP contribution in [0.4, 0.5) is 5.69 Å². The van der Waals surface area contributed by atoms with Gasteiger partial charge >= 0.3 is 0 Å². The highest BCUT2D eigenvalue weighted by Gasteiger charge is 2.06. The van der Waals surface area contributed by atoms with Crippen LogP contribution < -0.4 is 5.32 Å². The first kappa shape index (κ1) is 12.5. The van der Waals surface area contributed by atoms with Crippen molar-refractivity contribution in [2.24, 2.45) is 0 Å². The maximum Gasteiger partial charge on any atom is 0.115 e. The van der Waals surface area contributed by atoms with Crippen molar-refractivity contribution in [1.82, 2.24) is 0 Å². The molecule has 2 aromatic carbocycles. The molecule has 0 fully saturated rings. The van der Waals surface area contributed by atoms with Gasteiger partial charge < -0.3 is 15.5 Å². The van der Waals surface area contributed by atoms with E-state index in [1.807, 2.05) is 31.2 Å². The third-order valence-corrected chi connectivity index (χ3v) is 2.83. The summed E-state index contributed by atoms with van der Waals surface area (Å²) in [5, 5.41) is 22.3. The fraction of sp³-hybridized carbons (Fsp3) is 0.200. The molecule has 0 aliphatic heterocycles. The van der Waals surface area contributed by atoms with Crippen LogP contribution in [0.5, 0.6) is 5.75 Å². The number of aromatic hydroxyl groups is 1. The molecule has 0 radical (unpaired) electrons. The minimum Gasteiger partial charge on any atom is -0.508 e. The molecule has 2 rings (SSSR count). The monoisotopic (exact) mass is 243 g/mol. The van der Waals surface area contributed by atoms with E-state index in [1.54, 1.807) is 24.3 Å². The van der Waals surface area contributed by atoms with Crippen LogP contribution >= 0.6 is 0 Å². The number of hydrogen-bond acceptors (Lipinski definition) is 3. The molecule has 0 heterocycles. The maximum atomic E-state index is 9.98. The Hall–Kier alpha value is -2.00. The minimum absolute atomic E-state index is 0.206. The summed E-state index contributed by atoms with van der Waals surface area (Å²) in [4.78, 5) is 0. The average Bonchev–Trinajstić information content (AvgIpc) is 2.38. The molecule has 0 spiro atoms. The predicted molar refractivity (Wildman–Crippen MR) is 72.7 cm³/mol. The van der Waals surface area contributed by atoms with Crippen LogP contribution in [0.3, 0.4) is 0 Å². The number of aliphatic hydroxyl groups excluding tert-OH is 1. The lowest BCUT2D eigenvalue weighted by molar-refractivity contribution is 0.191. The van der Waals surface area contributed by atoms with E-state index in [0.29, 0.717) is 6.54 Å². The zero-order valence-corrected chi connectivity index (χ0v) is 10.3. The molecule has 3 N–H and O–H groups in total. The Balaban J connectivity index is 1.93. The third-order valence-electron chi connectivity index (χ3n) is 2.83. The van der Waals surface area contributed by atoms with Crippen LogP contribution in [-0.4, -0.2) is 16.8 Å². The van der Waals surface area contributed by atoms with Crippen molar-refractivity contribution >= 4 is 5.69 Å². The first-order chi connectivity index (χ1) is 8.65. The van der Waals surface area contributed by atoms with Crippen LogP contribution in [0.15, 0.2) is 48.5 Å². The molecular weight excluding hydrogens is 226 g/mol. The van der Waals surface area contributed by atoms with Crippen molar-refractivity contribution < 1.29 is 10.2 Å². The number of aliphatic hydroxyl groups is 1. The number of anilines is 1. The summed E-state index contributed by atoms with van der Waals surface area (Å²) in [5.74, 6) is 0.206. The van der Waals surface area contributed by atoms with Crippen LogP contribution in [-0.2, 0) is 0 Å². The lowest BCUT2D eigenvalue weighted by Crippen LogP contribution is -2.11. The molecule has 1 atom stereocenters. The molecule has 0 aliphatic carbocycles. The number of hydrogen-bond donors (Lipinski definition) is 3. The van der Waals surface area contributed by atoms with Gasteiger partial charge in [-0.3, -0.25) is 0 Å². The van der Waals surface area contributed by atoms with E-state index < -0.39 is 6.10 Å². The quantitative estimate of drug-likeness (QED) is 0.774. The highest BCUT2D eigenvalue weighted by molar-refractivity contribution is 5.44. The van der Waals surface area contributed by atoms with E-state index >= 15 is 0 Å². The van der Waals surface area contributed by atoms with Crippen LogP contribution in [0.1, 0.15) is 17.2 Å². The van der Waals surface area contributed by atoms with Crippen molar-refractivity contribution in [1.29, 1.82) is 0 Å². The van der Waals surface area contributed by atoms with Crippen molar-refractivity contribution in [3.8, 4) is 5.75 Å². The Bertz CT molecular complexity index is 491. The molecule has 2 aromatic rings. The number of rotatable bonds is 4. The summed E-state index contributed by atoms with van der Waals surface area (Å²) in [7, 11) is 0. The summed E-state index contributed by atoms with van der Waals surface area (Å²) in [5.41, 5.74) is 2.98. The van der Waals surface area contributed by atoms with E-state index in [1.165, 1.54) is 5.56 Å². The molecular formula is C15H17NO2. The van der Waals surface area contributed by atoms with Gasteiger partial charge in [0.25, 0.3) is 0 Å². The minimum atomic E-state index is -0.591. The Kier molecular flexibility index (Phi) is 3.85. The predicted octanol–water partition coefficient (Wildman–Crippen LogP) is 2.85. The van der Waals surface area contributed by atoms with Crippen LogP contribution in [0.2, 0.25) is 0 Å². The topological polar surface area (TPSA) is 52.5 Å². The molecule has 0 aliphatic rings. The van der Waals surface area contributed by atoms with Gasteiger partial charge in [0.05, 0.1) is 6.10 Å². The molecule has 0 saturated carbocycles. The molecule has 0 amide bonds. The molecule has 18 heavy (non-hydrogen) atoms. The van der Waals surface area contributed by atoms with Crippen LogP contribution in [0, 0.1) is 6.92 Å². The molecule has 0 bridgehead atoms. The molecule has 3 nitrogen and oxygen atoms in total. The van der Waals surface area contributed by atoms with Gasteiger partial charge in [0.15, 0.2) is 0 Å². The Labute approximate surface area is 107 Å². The van der Waals surface area contributed by atoms with Gasteiger partial charge in [-0.25, -0.2) is 0 Å². The first-order valence-corrected chi connectivity index (χ1v) is 5.93. The van der Waals surface area contributed by atoms with Gasteiger partial charge in [-0.05, 0) is 36.8 Å². The smallest absolute Gasteiger partial charge is 0.115 e. The lowest BCUT2D eigenvalue weighted by Gasteiger charge is -2.13. The number of nitrogens with one attached hydrogen (secondary N) is 1. The van der Waals surface area contributed by atoms with Gasteiger partial charge in [-0.15, -0.1) is 0 Å². The summed E-state index contributed by atoms with van der Waals surface area (Å²) in [6, 6.07) is 14.6. The first-order valence-electron chi connectivity index (χ1n) is 5.93. The molecule has 1 unspecified atom stereocenters. The van der Waals surface area contributed by atoms with Crippen molar-refractivity contribution in [2.75, 3.05) is 11.9 Å². The Morgan fingerprint density at radius 1 is 1.00 bits per heavy atom. The second-order valence-corrected chi connectivity index (χ2v) is 4.35. The molecule has 0 aromatic heterocycles. The van der Waals surface area contributed by atoms with E-state index in [2.05, 4.69) is 5.32 Å². The number of phenols is 1. The molecule has 94 valence electrons. The van der Waals surface area contributed by atoms with E-state index in [-0.39, 0.29) is 5.75 Å². The van der Waals surface area contributed by atoms with Crippen LogP contribution in [0.25, 0.3) is 0 Å². The number of benzene rings is 2.